The predicted octanol–water partition coefficient (Wildman–Crippen LogP) is 5.58. The third-order valence-corrected chi connectivity index (χ3v) is 13.6. The van der Waals surface area contributed by atoms with Crippen LogP contribution in [0.2, 0.25) is 5.02 Å². The van der Waals surface area contributed by atoms with E-state index in [2.05, 4.69) is 26.1 Å². The van der Waals surface area contributed by atoms with Gasteiger partial charge in [-0.05, 0) is 104 Å². The number of benzene rings is 2. The number of likely N-dealkylation sites (tertiary alicyclic amines) is 1. The molecule has 0 aromatic heterocycles. The molecule has 1 unspecified atom stereocenters. The third-order valence-electron chi connectivity index (χ3n) is 11.4. The molecule has 3 aliphatic heterocycles. The molecule has 2 fully saturated rings. The van der Waals surface area contributed by atoms with Crippen molar-refractivity contribution in [2.45, 2.75) is 75.9 Å². The van der Waals surface area contributed by atoms with Crippen LogP contribution in [0.4, 0.5) is 10.5 Å². The second-order valence-corrected chi connectivity index (χ2v) is 17.2. The zero-order chi connectivity index (χ0) is 33.6. The highest BCUT2D eigenvalue weighted by Crippen LogP contribution is 2.47. The van der Waals surface area contributed by atoms with Gasteiger partial charge in [-0.1, -0.05) is 31.0 Å². The van der Waals surface area contributed by atoms with Crippen LogP contribution >= 0.6 is 11.6 Å². The van der Waals surface area contributed by atoms with E-state index >= 15 is 0 Å². The summed E-state index contributed by atoms with van der Waals surface area (Å²) < 4.78 is 33.1. The molecule has 10 nitrogen and oxygen atoms in total. The van der Waals surface area contributed by atoms with E-state index in [0.717, 1.165) is 55.8 Å². The molecule has 0 radical (unpaired) electrons. The zero-order valence-electron chi connectivity index (χ0n) is 27.9. The molecule has 6 atom stereocenters. The maximum atomic E-state index is 14.3. The zero-order valence-corrected chi connectivity index (χ0v) is 29.4. The van der Waals surface area contributed by atoms with E-state index in [9.17, 15) is 18.9 Å². The molecule has 2 bridgehead atoms. The summed E-state index contributed by atoms with van der Waals surface area (Å²) in [6.45, 7) is 4.67. The van der Waals surface area contributed by atoms with Gasteiger partial charge in [0, 0.05) is 36.2 Å². The van der Waals surface area contributed by atoms with Crippen molar-refractivity contribution in [1.82, 2.24) is 9.62 Å². The largest absolute Gasteiger partial charge is 0.490 e. The molecule has 2 aliphatic carbocycles. The fourth-order valence-electron chi connectivity index (χ4n) is 8.46. The maximum absolute atomic E-state index is 14.3. The monoisotopic (exact) mass is 698 g/mol. The number of carbonyl (C=O) groups excluding carboxylic acids is 2. The number of aliphatic hydroxyl groups is 1. The van der Waals surface area contributed by atoms with Crippen LogP contribution in [-0.4, -0.2) is 84.0 Å². The second kappa shape index (κ2) is 13.5. The van der Waals surface area contributed by atoms with Crippen molar-refractivity contribution in [3.05, 3.63) is 58.1 Å². The number of hydrogen-bond acceptors (Lipinski definition) is 7. The lowest BCUT2D eigenvalue weighted by Gasteiger charge is -2.45. The minimum Gasteiger partial charge on any atom is -0.490 e. The molecule has 2 N–H and O–H groups in total. The van der Waals surface area contributed by atoms with E-state index in [0.29, 0.717) is 56.3 Å². The lowest BCUT2D eigenvalue weighted by atomic mass is 9.68. The molecule has 260 valence electrons. The smallest absolute Gasteiger partial charge is 0.330 e. The highest BCUT2D eigenvalue weighted by Gasteiger charge is 2.44. The van der Waals surface area contributed by atoms with E-state index in [-0.39, 0.29) is 29.1 Å². The van der Waals surface area contributed by atoms with Crippen LogP contribution in [0.15, 0.2) is 40.8 Å². The van der Waals surface area contributed by atoms with Gasteiger partial charge in [-0.2, -0.15) is 0 Å². The quantitative estimate of drug-likeness (QED) is 0.420. The van der Waals surface area contributed by atoms with Crippen LogP contribution in [-0.2, 0) is 26.5 Å². The van der Waals surface area contributed by atoms with E-state index in [1.165, 1.54) is 16.0 Å². The molecule has 2 aromatic rings. The number of carbonyl (C=O) groups is 2. The summed E-state index contributed by atoms with van der Waals surface area (Å²) in [5.74, 6) is 0.531. The van der Waals surface area contributed by atoms with Crippen molar-refractivity contribution in [2.24, 2.45) is 22.1 Å². The van der Waals surface area contributed by atoms with Crippen molar-refractivity contribution < 1.29 is 28.4 Å². The van der Waals surface area contributed by atoms with Crippen LogP contribution in [0, 0.1) is 17.8 Å². The van der Waals surface area contributed by atoms with Crippen LogP contribution in [0.5, 0.6) is 5.75 Å². The van der Waals surface area contributed by atoms with Crippen molar-refractivity contribution in [1.29, 1.82) is 0 Å². The van der Waals surface area contributed by atoms with Gasteiger partial charge < -0.3 is 24.4 Å². The molecule has 48 heavy (non-hydrogen) atoms. The molecule has 3 amide bonds. The van der Waals surface area contributed by atoms with E-state index in [1.54, 1.807) is 13.2 Å². The molecule has 12 heteroatoms. The highest BCUT2D eigenvalue weighted by molar-refractivity contribution is 7.92. The summed E-state index contributed by atoms with van der Waals surface area (Å²) in [5.41, 5.74) is 3.35. The standard InChI is InChI=1S/C36H47ClN4O6S/c1-23-5-3-7-32(42)29-11-8-26(29)17-41-21-36(14-4-6-24-15-27(37)10-12-30(24)36)22-47-33-13-9-25(16-31(33)41)34(43)38-48(45,20-23)39-35(44)40-18-28(19-40)46-2/h9-10,12-13,15-16,23,26,28-29,32,42H,3-8,11,14,17-22H2,1-2H3,(H,38,39,43,44,45)/t23-,26-,29+,32-,36-,48?/m0/s1. The summed E-state index contributed by atoms with van der Waals surface area (Å²) >= 11 is 6.43. The molecular formula is C36H47ClN4O6S. The molecular weight excluding hydrogens is 652 g/mol. The minimum absolute atomic E-state index is 0.0420. The summed E-state index contributed by atoms with van der Waals surface area (Å²) in [7, 11) is -1.86. The number of aliphatic hydroxyl groups excluding tert-OH is 1. The Hall–Kier alpha value is -2.86. The molecule has 1 spiro atoms. The summed E-state index contributed by atoms with van der Waals surface area (Å²) in [6, 6.07) is 11.0. The van der Waals surface area contributed by atoms with Gasteiger partial charge in [-0.3, -0.25) is 9.52 Å². The Morgan fingerprint density at radius 3 is 2.73 bits per heavy atom. The maximum Gasteiger partial charge on any atom is 0.330 e. The average molecular weight is 699 g/mol. The summed E-state index contributed by atoms with van der Waals surface area (Å²) in [5, 5.41) is 12.1. The van der Waals surface area contributed by atoms with Crippen molar-refractivity contribution >= 4 is 39.1 Å². The van der Waals surface area contributed by atoms with Crippen molar-refractivity contribution in [3.8, 4) is 5.75 Å². The van der Waals surface area contributed by atoms with Gasteiger partial charge in [0.25, 0.3) is 5.91 Å². The van der Waals surface area contributed by atoms with Crippen molar-refractivity contribution in [2.75, 3.05) is 50.5 Å². The first-order valence-corrected chi connectivity index (χ1v) is 19.5. The topological polar surface area (TPSA) is 121 Å². The minimum atomic E-state index is -3.46. The Morgan fingerprint density at radius 2 is 1.96 bits per heavy atom. The highest BCUT2D eigenvalue weighted by atomic mass is 35.5. The molecule has 1 saturated heterocycles. The van der Waals surface area contributed by atoms with E-state index in [1.807, 2.05) is 25.1 Å². The van der Waals surface area contributed by atoms with Crippen LogP contribution in [0.1, 0.15) is 73.4 Å². The van der Waals surface area contributed by atoms with Gasteiger partial charge in [0.2, 0.25) is 0 Å². The lowest BCUT2D eigenvalue weighted by molar-refractivity contribution is -0.00645. The van der Waals surface area contributed by atoms with Gasteiger partial charge in [0.15, 0.2) is 0 Å². The second-order valence-electron chi connectivity index (χ2n) is 14.8. The normalized spacial score (nSPS) is 32.5. The fourth-order valence-corrected chi connectivity index (χ4v) is 10.6. The van der Waals surface area contributed by atoms with Gasteiger partial charge in [-0.25, -0.2) is 9.00 Å². The number of anilines is 1. The number of hydrogen-bond donors (Lipinski definition) is 2. The number of rotatable bonds is 2. The number of urea groups is 1. The number of amides is 3. The first kappa shape index (κ1) is 33.6. The fraction of sp³-hybridized carbons (Fsp3) is 0.611. The summed E-state index contributed by atoms with van der Waals surface area (Å²) in [6.07, 6.45) is 6.63. The molecule has 2 aromatic carbocycles. The van der Waals surface area contributed by atoms with Gasteiger partial charge in [0.05, 0.1) is 43.3 Å². The number of methoxy groups -OCH3 is 1. The number of nitrogens with one attached hydrogen (secondary N) is 1. The van der Waals surface area contributed by atoms with Gasteiger partial charge in [-0.15, -0.1) is 4.36 Å². The van der Waals surface area contributed by atoms with Crippen molar-refractivity contribution in [3.63, 3.8) is 0 Å². The SMILES string of the molecule is COC1CN(C(=O)NS2(=O)=NC(=O)c3ccc4c(c3)N(C[C@@H]3CC[C@H]3[C@@H](O)CCC[C@H](C)C2)C[C@@]2(CCCc3cc(Cl)ccc32)CO4)C1. The Morgan fingerprint density at radius 1 is 1.12 bits per heavy atom. The van der Waals surface area contributed by atoms with Gasteiger partial charge in [0.1, 0.15) is 15.7 Å². The predicted molar refractivity (Wildman–Crippen MR) is 186 cm³/mol. The number of aryl methyl sites for hydroxylation is 1. The van der Waals surface area contributed by atoms with E-state index < -0.39 is 28.0 Å². The molecule has 7 rings (SSSR count). The van der Waals surface area contributed by atoms with Gasteiger partial charge >= 0.3 is 6.03 Å². The lowest BCUT2D eigenvalue weighted by Crippen LogP contribution is -2.58. The number of halogens is 1. The molecule has 1 saturated carbocycles. The van der Waals surface area contributed by atoms with Crippen LogP contribution in [0.25, 0.3) is 0 Å². The Kier molecular flexibility index (Phi) is 9.43. The summed E-state index contributed by atoms with van der Waals surface area (Å²) in [4.78, 5) is 30.8. The molecule has 5 aliphatic rings. The Bertz CT molecular complexity index is 1690. The molecule has 3 heterocycles. The van der Waals surface area contributed by atoms with Crippen LogP contribution < -0.4 is 14.4 Å². The first-order valence-electron chi connectivity index (χ1n) is 17.4. The Labute approximate surface area is 288 Å². The Balaban J connectivity index is 1.26. The first-order chi connectivity index (χ1) is 23.0. The number of fused-ring (bicyclic) bond motifs is 4. The number of ether oxygens (including phenoxy) is 2. The van der Waals surface area contributed by atoms with Crippen LogP contribution in [0.3, 0.4) is 0 Å². The number of nitrogens with zero attached hydrogens (tertiary/aromatic N) is 3. The third kappa shape index (κ3) is 6.67. The average Bonchev–Trinajstić information content (AvgIpc) is 3.14. The van der Waals surface area contributed by atoms with E-state index in [4.69, 9.17) is 21.1 Å².